The average molecular weight is 342 g/mol. The SMILES string of the molecule is CN(C(=O)C(=O)CCNC(=O)[C@H](O)C(C)(C)CO)C1CCCCC1. The number of nitrogens with one attached hydrogen (secondary N) is 1. The summed E-state index contributed by atoms with van der Waals surface area (Å²) >= 11 is 0. The number of hydrogen-bond donors (Lipinski definition) is 3. The van der Waals surface area contributed by atoms with Crippen molar-refractivity contribution in [2.45, 2.75) is 64.5 Å². The molecule has 1 aliphatic rings. The first kappa shape index (κ1) is 20.6. The van der Waals surface area contributed by atoms with E-state index < -0.39 is 29.1 Å². The van der Waals surface area contributed by atoms with E-state index in [0.29, 0.717) is 0 Å². The molecule has 1 rings (SSSR count). The van der Waals surface area contributed by atoms with E-state index in [1.54, 1.807) is 20.9 Å². The van der Waals surface area contributed by atoms with Gasteiger partial charge in [-0.1, -0.05) is 33.1 Å². The van der Waals surface area contributed by atoms with E-state index in [0.717, 1.165) is 25.7 Å². The van der Waals surface area contributed by atoms with Gasteiger partial charge in [0.15, 0.2) is 0 Å². The quantitative estimate of drug-likeness (QED) is 0.548. The van der Waals surface area contributed by atoms with Gasteiger partial charge in [0.1, 0.15) is 6.10 Å². The smallest absolute Gasteiger partial charge is 0.289 e. The minimum absolute atomic E-state index is 0.0134. The van der Waals surface area contributed by atoms with Gasteiger partial charge < -0.3 is 20.4 Å². The third kappa shape index (κ3) is 5.56. The first-order valence-corrected chi connectivity index (χ1v) is 8.57. The molecule has 24 heavy (non-hydrogen) atoms. The van der Waals surface area contributed by atoms with E-state index in [4.69, 9.17) is 5.11 Å². The van der Waals surface area contributed by atoms with E-state index in [9.17, 15) is 19.5 Å². The maximum absolute atomic E-state index is 12.1. The molecule has 7 heteroatoms. The van der Waals surface area contributed by atoms with Gasteiger partial charge in [-0.3, -0.25) is 14.4 Å². The topological polar surface area (TPSA) is 107 Å². The maximum atomic E-state index is 12.1. The van der Waals surface area contributed by atoms with Crippen LogP contribution < -0.4 is 5.32 Å². The molecular formula is C17H30N2O5. The van der Waals surface area contributed by atoms with Crippen LogP contribution in [0.5, 0.6) is 0 Å². The molecule has 0 spiro atoms. The summed E-state index contributed by atoms with van der Waals surface area (Å²) in [5.41, 5.74) is -0.967. The Hall–Kier alpha value is -1.47. The molecule has 0 radical (unpaired) electrons. The fraction of sp³-hybridized carbons (Fsp3) is 0.824. The largest absolute Gasteiger partial charge is 0.396 e. The van der Waals surface area contributed by atoms with Gasteiger partial charge in [-0.25, -0.2) is 0 Å². The van der Waals surface area contributed by atoms with Crippen molar-refractivity contribution >= 4 is 17.6 Å². The Kier molecular flexibility index (Phi) is 7.83. The number of amides is 2. The number of ketones is 1. The highest BCUT2D eigenvalue weighted by Gasteiger charge is 2.33. The van der Waals surface area contributed by atoms with Crippen LogP contribution in [0, 0.1) is 5.41 Å². The van der Waals surface area contributed by atoms with Crippen LogP contribution >= 0.6 is 0 Å². The fourth-order valence-corrected chi connectivity index (χ4v) is 2.78. The van der Waals surface area contributed by atoms with Crippen LogP contribution in [0.3, 0.4) is 0 Å². The van der Waals surface area contributed by atoms with Crippen molar-refractivity contribution < 1.29 is 24.6 Å². The molecule has 0 aromatic rings. The number of likely N-dealkylation sites (N-methyl/N-ethyl adjacent to an activating group) is 1. The second kappa shape index (κ2) is 9.13. The number of carbonyl (C=O) groups excluding carboxylic acids is 3. The van der Waals surface area contributed by atoms with Crippen molar-refractivity contribution in [2.24, 2.45) is 5.41 Å². The maximum Gasteiger partial charge on any atom is 0.289 e. The van der Waals surface area contributed by atoms with E-state index in [-0.39, 0.29) is 25.6 Å². The Morgan fingerprint density at radius 2 is 1.79 bits per heavy atom. The molecule has 0 heterocycles. The van der Waals surface area contributed by atoms with Gasteiger partial charge in [0.2, 0.25) is 11.7 Å². The zero-order valence-corrected chi connectivity index (χ0v) is 14.9. The summed E-state index contributed by atoms with van der Waals surface area (Å²) in [5, 5.41) is 21.4. The van der Waals surface area contributed by atoms with Crippen LogP contribution in [0.4, 0.5) is 0 Å². The lowest BCUT2D eigenvalue weighted by atomic mass is 9.87. The molecule has 2 amide bonds. The van der Waals surface area contributed by atoms with Crippen molar-refractivity contribution in [1.82, 2.24) is 10.2 Å². The van der Waals surface area contributed by atoms with Gasteiger partial charge in [0.05, 0.1) is 6.61 Å². The summed E-state index contributed by atoms with van der Waals surface area (Å²) in [5.74, 6) is -1.72. The number of hydrogen-bond acceptors (Lipinski definition) is 5. The van der Waals surface area contributed by atoms with E-state index in [1.165, 1.54) is 11.3 Å². The Balaban J connectivity index is 2.39. The highest BCUT2D eigenvalue weighted by atomic mass is 16.3. The van der Waals surface area contributed by atoms with Crippen LogP contribution in [-0.2, 0) is 14.4 Å². The minimum atomic E-state index is -1.38. The third-order valence-electron chi connectivity index (χ3n) is 4.73. The van der Waals surface area contributed by atoms with Crippen molar-refractivity contribution in [3.05, 3.63) is 0 Å². The molecule has 0 aromatic heterocycles. The fourth-order valence-electron chi connectivity index (χ4n) is 2.78. The number of aliphatic hydroxyl groups is 2. The van der Waals surface area contributed by atoms with Crippen molar-refractivity contribution in [3.63, 3.8) is 0 Å². The zero-order valence-electron chi connectivity index (χ0n) is 14.9. The molecule has 0 bridgehead atoms. The summed E-state index contributed by atoms with van der Waals surface area (Å²) in [6, 6.07) is 0.122. The first-order chi connectivity index (χ1) is 11.2. The highest BCUT2D eigenvalue weighted by molar-refractivity contribution is 6.36. The van der Waals surface area contributed by atoms with E-state index >= 15 is 0 Å². The molecule has 1 aliphatic carbocycles. The molecule has 138 valence electrons. The second-order valence-electron chi connectivity index (χ2n) is 7.22. The van der Waals surface area contributed by atoms with Crippen LogP contribution in [0.15, 0.2) is 0 Å². The lowest BCUT2D eigenvalue weighted by molar-refractivity contribution is -0.145. The molecule has 1 fully saturated rings. The average Bonchev–Trinajstić information content (AvgIpc) is 2.60. The molecule has 0 unspecified atom stereocenters. The van der Waals surface area contributed by atoms with Crippen LogP contribution in [-0.4, -0.2) is 65.1 Å². The first-order valence-electron chi connectivity index (χ1n) is 8.57. The van der Waals surface area contributed by atoms with Gasteiger partial charge in [0, 0.05) is 31.5 Å². The third-order valence-corrected chi connectivity index (χ3v) is 4.73. The number of nitrogens with zero attached hydrogens (tertiary/aromatic N) is 1. The van der Waals surface area contributed by atoms with Gasteiger partial charge in [-0.15, -0.1) is 0 Å². The number of rotatable bonds is 8. The summed E-state index contributed by atoms with van der Waals surface area (Å²) in [4.78, 5) is 37.4. The Bertz CT molecular complexity index is 458. The number of aliphatic hydroxyl groups excluding tert-OH is 2. The molecule has 1 atom stereocenters. The zero-order chi connectivity index (χ0) is 18.3. The summed E-state index contributed by atoms with van der Waals surface area (Å²) in [6.45, 7) is 2.77. The van der Waals surface area contributed by atoms with Gasteiger partial charge in [-0.2, -0.15) is 0 Å². The monoisotopic (exact) mass is 342 g/mol. The predicted octanol–water partition coefficient (Wildman–Crippen LogP) is 0.232. The second-order valence-corrected chi connectivity index (χ2v) is 7.22. The normalized spacial score (nSPS) is 17.2. The molecule has 1 saturated carbocycles. The molecular weight excluding hydrogens is 312 g/mol. The van der Waals surface area contributed by atoms with E-state index in [1.807, 2.05) is 0 Å². The molecule has 0 aliphatic heterocycles. The standard InChI is InChI=1S/C17H30N2O5/c1-17(2,11-20)14(22)15(23)18-10-9-13(21)16(24)19(3)12-7-5-4-6-8-12/h12,14,20,22H,4-11H2,1-3H3,(H,18,23)/t14-/m0/s1. The molecule has 0 saturated heterocycles. The summed E-state index contributed by atoms with van der Waals surface area (Å²) in [7, 11) is 1.66. The van der Waals surface area contributed by atoms with Crippen LogP contribution in [0.25, 0.3) is 0 Å². The van der Waals surface area contributed by atoms with Crippen LogP contribution in [0.2, 0.25) is 0 Å². The molecule has 0 aromatic carbocycles. The summed E-state index contributed by atoms with van der Waals surface area (Å²) in [6.07, 6.45) is 3.69. The number of Topliss-reactive ketones (excluding diaryl/α,β-unsaturated/α-hetero) is 1. The highest BCUT2D eigenvalue weighted by Crippen LogP contribution is 2.22. The van der Waals surface area contributed by atoms with Crippen molar-refractivity contribution in [1.29, 1.82) is 0 Å². The minimum Gasteiger partial charge on any atom is -0.396 e. The summed E-state index contributed by atoms with van der Waals surface area (Å²) < 4.78 is 0. The van der Waals surface area contributed by atoms with Crippen molar-refractivity contribution in [2.75, 3.05) is 20.2 Å². The lowest BCUT2D eigenvalue weighted by Crippen LogP contribution is -2.46. The van der Waals surface area contributed by atoms with Crippen LogP contribution in [0.1, 0.15) is 52.4 Å². The van der Waals surface area contributed by atoms with Crippen molar-refractivity contribution in [3.8, 4) is 0 Å². The Morgan fingerprint density at radius 1 is 1.21 bits per heavy atom. The Morgan fingerprint density at radius 3 is 2.33 bits per heavy atom. The Labute approximate surface area is 143 Å². The van der Waals surface area contributed by atoms with Gasteiger partial charge >= 0.3 is 0 Å². The number of carbonyl (C=O) groups is 3. The lowest BCUT2D eigenvalue weighted by Gasteiger charge is -2.30. The predicted molar refractivity (Wildman–Crippen MR) is 89.2 cm³/mol. The molecule has 7 nitrogen and oxygen atoms in total. The van der Waals surface area contributed by atoms with Gasteiger partial charge in [-0.05, 0) is 12.8 Å². The van der Waals surface area contributed by atoms with E-state index in [2.05, 4.69) is 5.32 Å². The van der Waals surface area contributed by atoms with Gasteiger partial charge in [0.25, 0.3) is 5.91 Å². The molecule has 3 N–H and O–H groups in total.